The van der Waals surface area contributed by atoms with Gasteiger partial charge in [0.25, 0.3) is 0 Å². The van der Waals surface area contributed by atoms with E-state index in [1.165, 1.54) is 11.1 Å². The molecular formula is C15H24N2O. The van der Waals surface area contributed by atoms with Crippen LogP contribution in [-0.2, 0) is 17.6 Å². The fourth-order valence-electron chi connectivity index (χ4n) is 1.74. The smallest absolute Gasteiger partial charge is 0.220 e. The molecule has 1 unspecified atom stereocenters. The van der Waals surface area contributed by atoms with Crippen LogP contribution in [0.3, 0.4) is 0 Å². The van der Waals surface area contributed by atoms with Crippen LogP contribution in [0.4, 0.5) is 0 Å². The number of aryl methyl sites for hydroxylation is 1. The van der Waals surface area contributed by atoms with Crippen molar-refractivity contribution in [2.45, 2.75) is 45.6 Å². The third-order valence-corrected chi connectivity index (χ3v) is 2.99. The van der Waals surface area contributed by atoms with Gasteiger partial charge in [-0.25, -0.2) is 0 Å². The van der Waals surface area contributed by atoms with E-state index in [-0.39, 0.29) is 11.9 Å². The van der Waals surface area contributed by atoms with Gasteiger partial charge in [0.15, 0.2) is 0 Å². The molecule has 1 aromatic rings. The number of nitrogens with one attached hydrogen (secondary N) is 1. The van der Waals surface area contributed by atoms with E-state index in [4.69, 9.17) is 5.73 Å². The third kappa shape index (κ3) is 5.82. The van der Waals surface area contributed by atoms with Crippen LogP contribution < -0.4 is 11.1 Å². The average molecular weight is 248 g/mol. The van der Waals surface area contributed by atoms with E-state index >= 15 is 0 Å². The quantitative estimate of drug-likeness (QED) is 0.776. The minimum atomic E-state index is 0.0948. The summed E-state index contributed by atoms with van der Waals surface area (Å²) in [6.45, 7) is 4.76. The number of hydrogen-bond acceptors (Lipinski definition) is 2. The van der Waals surface area contributed by atoms with Crippen molar-refractivity contribution < 1.29 is 4.79 Å². The Labute approximate surface area is 110 Å². The van der Waals surface area contributed by atoms with Crippen molar-refractivity contribution in [1.82, 2.24) is 5.32 Å². The number of carbonyl (C=O) groups excluding carboxylic acids is 1. The second-order valence-electron chi connectivity index (χ2n) is 4.79. The topological polar surface area (TPSA) is 55.1 Å². The Morgan fingerprint density at radius 2 is 1.89 bits per heavy atom. The zero-order chi connectivity index (χ0) is 13.4. The Morgan fingerprint density at radius 1 is 1.28 bits per heavy atom. The summed E-state index contributed by atoms with van der Waals surface area (Å²) in [5.41, 5.74) is 8.22. The van der Waals surface area contributed by atoms with Crippen LogP contribution in [-0.4, -0.2) is 18.5 Å². The maximum atomic E-state index is 11.5. The van der Waals surface area contributed by atoms with Crippen molar-refractivity contribution in [3.05, 3.63) is 35.4 Å². The van der Waals surface area contributed by atoms with Crippen LogP contribution in [0.15, 0.2) is 24.3 Å². The second kappa shape index (κ2) is 7.88. The van der Waals surface area contributed by atoms with E-state index in [0.29, 0.717) is 13.0 Å². The number of benzene rings is 1. The van der Waals surface area contributed by atoms with Gasteiger partial charge in [0.2, 0.25) is 5.91 Å². The van der Waals surface area contributed by atoms with Crippen LogP contribution in [0, 0.1) is 0 Å². The lowest BCUT2D eigenvalue weighted by Gasteiger charge is -2.07. The van der Waals surface area contributed by atoms with Crippen LogP contribution in [0.1, 0.15) is 37.8 Å². The van der Waals surface area contributed by atoms with Crippen molar-refractivity contribution in [2.75, 3.05) is 6.54 Å². The van der Waals surface area contributed by atoms with Gasteiger partial charge >= 0.3 is 0 Å². The summed E-state index contributed by atoms with van der Waals surface area (Å²) in [4.78, 5) is 11.5. The Kier molecular flexibility index (Phi) is 6.44. The second-order valence-corrected chi connectivity index (χ2v) is 4.79. The van der Waals surface area contributed by atoms with Crippen molar-refractivity contribution in [1.29, 1.82) is 0 Å². The van der Waals surface area contributed by atoms with Gasteiger partial charge in [0, 0.05) is 19.0 Å². The van der Waals surface area contributed by atoms with Crippen LogP contribution >= 0.6 is 0 Å². The molecule has 0 radical (unpaired) electrons. The zero-order valence-corrected chi connectivity index (χ0v) is 11.4. The van der Waals surface area contributed by atoms with E-state index in [9.17, 15) is 4.79 Å². The maximum absolute atomic E-state index is 11.5. The molecule has 0 bridgehead atoms. The Morgan fingerprint density at radius 3 is 2.44 bits per heavy atom. The molecular weight excluding hydrogens is 224 g/mol. The van der Waals surface area contributed by atoms with Gasteiger partial charge in [-0.1, -0.05) is 31.2 Å². The summed E-state index contributed by atoms with van der Waals surface area (Å²) < 4.78 is 0. The Hall–Kier alpha value is -1.35. The first-order valence-corrected chi connectivity index (χ1v) is 6.72. The lowest BCUT2D eigenvalue weighted by molar-refractivity contribution is -0.121. The van der Waals surface area contributed by atoms with Gasteiger partial charge in [-0.2, -0.15) is 0 Å². The molecule has 3 N–H and O–H groups in total. The SMILES string of the molecule is CCc1ccc(CCNC(=O)CCC(C)N)cc1. The van der Waals surface area contributed by atoms with Crippen molar-refractivity contribution in [2.24, 2.45) is 5.73 Å². The van der Waals surface area contributed by atoms with E-state index in [2.05, 4.69) is 36.5 Å². The molecule has 0 aliphatic heterocycles. The molecule has 1 amide bonds. The average Bonchev–Trinajstić information content (AvgIpc) is 2.37. The first kappa shape index (κ1) is 14.7. The highest BCUT2D eigenvalue weighted by Crippen LogP contribution is 2.05. The molecule has 0 aliphatic carbocycles. The molecule has 18 heavy (non-hydrogen) atoms. The van der Waals surface area contributed by atoms with Gasteiger partial charge in [0.1, 0.15) is 0 Å². The van der Waals surface area contributed by atoms with Gasteiger partial charge in [-0.15, -0.1) is 0 Å². The molecule has 0 saturated heterocycles. The predicted octanol–water partition coefficient (Wildman–Crippen LogP) is 2.04. The minimum absolute atomic E-state index is 0.0948. The number of rotatable bonds is 7. The van der Waals surface area contributed by atoms with Gasteiger partial charge in [-0.05, 0) is 37.3 Å². The number of hydrogen-bond donors (Lipinski definition) is 2. The maximum Gasteiger partial charge on any atom is 0.220 e. The van der Waals surface area contributed by atoms with Gasteiger partial charge in [-0.3, -0.25) is 4.79 Å². The van der Waals surface area contributed by atoms with E-state index < -0.39 is 0 Å². The summed E-state index contributed by atoms with van der Waals surface area (Å²) in [5, 5.41) is 2.92. The molecule has 3 heteroatoms. The summed E-state index contributed by atoms with van der Waals surface area (Å²) in [6.07, 6.45) is 3.21. The molecule has 0 aliphatic rings. The molecule has 0 fully saturated rings. The van der Waals surface area contributed by atoms with Gasteiger partial charge in [0.05, 0.1) is 0 Å². The molecule has 0 saturated carbocycles. The summed E-state index contributed by atoms with van der Waals surface area (Å²) in [6, 6.07) is 8.65. The highest BCUT2D eigenvalue weighted by molar-refractivity contribution is 5.75. The van der Waals surface area contributed by atoms with Crippen molar-refractivity contribution in [3.8, 4) is 0 Å². The molecule has 100 valence electrons. The number of amides is 1. The van der Waals surface area contributed by atoms with Crippen LogP contribution in [0.25, 0.3) is 0 Å². The van der Waals surface area contributed by atoms with Crippen LogP contribution in [0.5, 0.6) is 0 Å². The first-order valence-electron chi connectivity index (χ1n) is 6.72. The lowest BCUT2D eigenvalue weighted by Crippen LogP contribution is -2.27. The largest absolute Gasteiger partial charge is 0.356 e. The van der Waals surface area contributed by atoms with E-state index in [1.54, 1.807) is 0 Å². The van der Waals surface area contributed by atoms with Crippen molar-refractivity contribution >= 4 is 5.91 Å². The molecule has 1 aromatic carbocycles. The zero-order valence-electron chi connectivity index (χ0n) is 11.4. The van der Waals surface area contributed by atoms with Gasteiger partial charge < -0.3 is 11.1 Å². The molecule has 0 spiro atoms. The molecule has 1 atom stereocenters. The summed E-state index contributed by atoms with van der Waals surface area (Å²) >= 11 is 0. The fourth-order valence-corrected chi connectivity index (χ4v) is 1.74. The molecule has 1 rings (SSSR count). The highest BCUT2D eigenvalue weighted by atomic mass is 16.1. The van der Waals surface area contributed by atoms with E-state index in [1.807, 2.05) is 6.92 Å². The standard InChI is InChI=1S/C15H24N2O/c1-3-13-5-7-14(8-6-13)10-11-17-15(18)9-4-12(2)16/h5-8,12H,3-4,9-11,16H2,1-2H3,(H,17,18). The summed E-state index contributed by atoms with van der Waals surface area (Å²) in [7, 11) is 0. The minimum Gasteiger partial charge on any atom is -0.356 e. The summed E-state index contributed by atoms with van der Waals surface area (Å²) in [5.74, 6) is 0.0949. The number of carbonyl (C=O) groups is 1. The normalized spacial score (nSPS) is 12.2. The van der Waals surface area contributed by atoms with E-state index in [0.717, 1.165) is 19.3 Å². The molecule has 0 heterocycles. The monoisotopic (exact) mass is 248 g/mol. The molecule has 0 aromatic heterocycles. The van der Waals surface area contributed by atoms with Crippen molar-refractivity contribution in [3.63, 3.8) is 0 Å². The predicted molar refractivity (Wildman–Crippen MR) is 75.4 cm³/mol. The highest BCUT2D eigenvalue weighted by Gasteiger charge is 2.02. The Bertz CT molecular complexity index is 357. The molecule has 3 nitrogen and oxygen atoms in total. The Balaban J connectivity index is 2.22. The third-order valence-electron chi connectivity index (χ3n) is 2.99. The fraction of sp³-hybridized carbons (Fsp3) is 0.533. The number of nitrogens with two attached hydrogens (primary N) is 1. The lowest BCUT2D eigenvalue weighted by atomic mass is 10.1. The van der Waals surface area contributed by atoms with Crippen LogP contribution in [0.2, 0.25) is 0 Å². The first-order chi connectivity index (χ1) is 8.61.